The van der Waals surface area contributed by atoms with Crippen LogP contribution in [0.1, 0.15) is 10.4 Å². The number of carbonyl (C=O) groups excluding carboxylic acids is 1. The first-order chi connectivity index (χ1) is 12.2. The minimum atomic E-state index is -0.0248. The molecule has 1 aliphatic heterocycles. The number of amides is 1. The second-order valence-corrected chi connectivity index (χ2v) is 6.02. The third-order valence-corrected chi connectivity index (χ3v) is 4.31. The molecule has 1 aliphatic rings. The maximum absolute atomic E-state index is 12.5. The summed E-state index contributed by atoms with van der Waals surface area (Å²) in [5, 5.41) is 1.08. The van der Waals surface area contributed by atoms with Gasteiger partial charge in [-0.15, -0.1) is 0 Å². The van der Waals surface area contributed by atoms with E-state index in [2.05, 4.69) is 4.98 Å². The number of para-hydroxylation sites is 1. The molecule has 0 N–H and O–H groups in total. The van der Waals surface area contributed by atoms with Crippen molar-refractivity contribution in [1.82, 2.24) is 9.88 Å². The number of hydrogen-bond acceptors (Lipinski definition) is 4. The van der Waals surface area contributed by atoms with Crippen molar-refractivity contribution in [1.29, 1.82) is 0 Å². The number of aromatic nitrogens is 1. The Kier molecular flexibility index (Phi) is 3.98. The molecule has 1 amide bonds. The highest BCUT2D eigenvalue weighted by atomic mass is 16.5. The van der Waals surface area contributed by atoms with Crippen molar-refractivity contribution in [3.8, 4) is 11.6 Å². The molecule has 0 bridgehead atoms. The van der Waals surface area contributed by atoms with Crippen molar-refractivity contribution in [3.05, 3.63) is 66.2 Å². The van der Waals surface area contributed by atoms with Gasteiger partial charge in [0, 0.05) is 17.0 Å². The topological polar surface area (TPSA) is 51.7 Å². The molecule has 126 valence electrons. The van der Waals surface area contributed by atoms with Gasteiger partial charge in [0.2, 0.25) is 5.88 Å². The molecule has 0 radical (unpaired) electrons. The van der Waals surface area contributed by atoms with E-state index in [0.717, 1.165) is 10.9 Å². The van der Waals surface area contributed by atoms with Crippen LogP contribution < -0.4 is 9.47 Å². The normalized spacial score (nSPS) is 14.2. The number of rotatable bonds is 4. The summed E-state index contributed by atoms with van der Waals surface area (Å²) in [6.07, 6.45) is -0.0248. The summed E-state index contributed by atoms with van der Waals surface area (Å²) in [5.41, 5.74) is 1.53. The molecule has 2 aromatic carbocycles. The SMILES string of the molecule is COc1cccc(C(=O)N2CC(Oc3ccc4ccccc4n3)C2)c1. The van der Waals surface area contributed by atoms with Crippen LogP contribution >= 0.6 is 0 Å². The lowest BCUT2D eigenvalue weighted by atomic mass is 10.1. The van der Waals surface area contributed by atoms with Crippen LogP contribution in [-0.2, 0) is 0 Å². The minimum Gasteiger partial charge on any atom is -0.497 e. The lowest BCUT2D eigenvalue weighted by molar-refractivity contribution is 0.0161. The highest BCUT2D eigenvalue weighted by Gasteiger charge is 2.33. The fraction of sp³-hybridized carbons (Fsp3) is 0.200. The molecule has 0 atom stereocenters. The average molecular weight is 334 g/mol. The summed E-state index contributed by atoms with van der Waals surface area (Å²) in [7, 11) is 1.59. The second-order valence-electron chi connectivity index (χ2n) is 6.02. The van der Waals surface area contributed by atoms with Crippen LogP contribution in [0.25, 0.3) is 10.9 Å². The van der Waals surface area contributed by atoms with Gasteiger partial charge in [-0.25, -0.2) is 4.98 Å². The van der Waals surface area contributed by atoms with Crippen LogP contribution in [0.3, 0.4) is 0 Å². The molecule has 0 aliphatic carbocycles. The van der Waals surface area contributed by atoms with Crippen molar-refractivity contribution >= 4 is 16.8 Å². The highest BCUT2D eigenvalue weighted by molar-refractivity contribution is 5.95. The van der Waals surface area contributed by atoms with E-state index in [4.69, 9.17) is 9.47 Å². The molecule has 25 heavy (non-hydrogen) atoms. The van der Waals surface area contributed by atoms with Crippen molar-refractivity contribution in [2.75, 3.05) is 20.2 Å². The Hall–Kier alpha value is -3.08. The number of methoxy groups -OCH3 is 1. The number of hydrogen-bond donors (Lipinski definition) is 0. The Balaban J connectivity index is 1.38. The average Bonchev–Trinajstić information content (AvgIpc) is 2.63. The lowest BCUT2D eigenvalue weighted by Gasteiger charge is -2.38. The monoisotopic (exact) mass is 334 g/mol. The van der Waals surface area contributed by atoms with E-state index in [1.807, 2.05) is 48.5 Å². The first-order valence-electron chi connectivity index (χ1n) is 8.19. The maximum Gasteiger partial charge on any atom is 0.254 e. The highest BCUT2D eigenvalue weighted by Crippen LogP contribution is 2.22. The zero-order chi connectivity index (χ0) is 17.2. The predicted molar refractivity (Wildman–Crippen MR) is 95.1 cm³/mol. The first-order valence-corrected chi connectivity index (χ1v) is 8.19. The zero-order valence-electron chi connectivity index (χ0n) is 13.9. The van der Waals surface area contributed by atoms with Gasteiger partial charge >= 0.3 is 0 Å². The molecular weight excluding hydrogens is 316 g/mol. The van der Waals surface area contributed by atoms with Crippen molar-refractivity contribution in [2.45, 2.75) is 6.10 Å². The Morgan fingerprint density at radius 3 is 2.76 bits per heavy atom. The van der Waals surface area contributed by atoms with Gasteiger partial charge in [0.05, 0.1) is 25.7 Å². The van der Waals surface area contributed by atoms with Gasteiger partial charge < -0.3 is 14.4 Å². The molecule has 1 aromatic heterocycles. The Labute approximate surface area is 145 Å². The molecule has 1 saturated heterocycles. The molecule has 0 unspecified atom stereocenters. The molecule has 1 fully saturated rings. The zero-order valence-corrected chi connectivity index (χ0v) is 13.9. The lowest BCUT2D eigenvalue weighted by Crippen LogP contribution is -2.56. The Morgan fingerprint density at radius 1 is 1.08 bits per heavy atom. The first kappa shape index (κ1) is 15.4. The standard InChI is InChI=1S/C20H18N2O3/c1-24-16-7-4-6-15(11-16)20(23)22-12-17(13-22)25-19-10-9-14-5-2-3-8-18(14)21-19/h2-11,17H,12-13H2,1H3. The van der Waals surface area contributed by atoms with E-state index < -0.39 is 0 Å². The van der Waals surface area contributed by atoms with Crippen LogP contribution in [0.5, 0.6) is 11.6 Å². The van der Waals surface area contributed by atoms with Gasteiger partial charge in [-0.2, -0.15) is 0 Å². The summed E-state index contributed by atoms with van der Waals surface area (Å²) >= 11 is 0. The Bertz CT molecular complexity index is 919. The molecule has 3 aromatic rings. The number of likely N-dealkylation sites (tertiary alicyclic amines) is 1. The van der Waals surface area contributed by atoms with E-state index in [9.17, 15) is 4.79 Å². The maximum atomic E-state index is 12.5. The molecule has 0 spiro atoms. The number of ether oxygens (including phenoxy) is 2. The van der Waals surface area contributed by atoms with Crippen molar-refractivity contribution < 1.29 is 14.3 Å². The second kappa shape index (κ2) is 6.43. The summed E-state index contributed by atoms with van der Waals surface area (Å²) in [4.78, 5) is 18.7. The summed E-state index contributed by atoms with van der Waals surface area (Å²) < 4.78 is 11.1. The van der Waals surface area contributed by atoms with E-state index in [-0.39, 0.29) is 12.0 Å². The predicted octanol–water partition coefficient (Wildman–Crippen LogP) is 3.15. The van der Waals surface area contributed by atoms with E-state index in [0.29, 0.717) is 30.3 Å². The van der Waals surface area contributed by atoms with E-state index in [1.165, 1.54) is 0 Å². The summed E-state index contributed by atoms with van der Waals surface area (Å²) in [5.74, 6) is 1.27. The summed E-state index contributed by atoms with van der Waals surface area (Å²) in [6.45, 7) is 1.12. The van der Waals surface area contributed by atoms with Crippen LogP contribution in [0.2, 0.25) is 0 Å². The molecule has 0 saturated carbocycles. The van der Waals surface area contributed by atoms with Crippen LogP contribution in [0.4, 0.5) is 0 Å². The largest absolute Gasteiger partial charge is 0.497 e. The van der Waals surface area contributed by atoms with Gasteiger partial charge in [0.15, 0.2) is 0 Å². The number of nitrogens with zero attached hydrogens (tertiary/aromatic N) is 2. The molecule has 4 rings (SSSR count). The van der Waals surface area contributed by atoms with Crippen LogP contribution in [-0.4, -0.2) is 42.1 Å². The Morgan fingerprint density at radius 2 is 1.92 bits per heavy atom. The minimum absolute atomic E-state index is 0.00905. The molecule has 2 heterocycles. The molecule has 5 nitrogen and oxygen atoms in total. The number of pyridine rings is 1. The van der Waals surface area contributed by atoms with Gasteiger partial charge in [-0.3, -0.25) is 4.79 Å². The van der Waals surface area contributed by atoms with Gasteiger partial charge in [0.1, 0.15) is 11.9 Å². The molecular formula is C20H18N2O3. The van der Waals surface area contributed by atoms with Gasteiger partial charge in [0.25, 0.3) is 5.91 Å². The van der Waals surface area contributed by atoms with E-state index in [1.54, 1.807) is 24.1 Å². The fourth-order valence-corrected chi connectivity index (χ4v) is 2.90. The number of benzene rings is 2. The van der Waals surface area contributed by atoms with Gasteiger partial charge in [-0.1, -0.05) is 24.3 Å². The number of fused-ring (bicyclic) bond motifs is 1. The third kappa shape index (κ3) is 3.13. The third-order valence-electron chi connectivity index (χ3n) is 4.31. The van der Waals surface area contributed by atoms with E-state index >= 15 is 0 Å². The summed E-state index contributed by atoms with van der Waals surface area (Å²) in [6, 6.07) is 19.0. The van der Waals surface area contributed by atoms with Crippen molar-refractivity contribution in [3.63, 3.8) is 0 Å². The van der Waals surface area contributed by atoms with Crippen LogP contribution in [0.15, 0.2) is 60.7 Å². The van der Waals surface area contributed by atoms with Crippen molar-refractivity contribution in [2.24, 2.45) is 0 Å². The van der Waals surface area contributed by atoms with Gasteiger partial charge in [-0.05, 0) is 30.3 Å². The number of carbonyl (C=O) groups is 1. The molecule has 5 heteroatoms. The smallest absolute Gasteiger partial charge is 0.254 e. The van der Waals surface area contributed by atoms with Crippen LogP contribution in [0, 0.1) is 0 Å². The quantitative estimate of drug-likeness (QED) is 0.735. The fourth-order valence-electron chi connectivity index (χ4n) is 2.90.